The van der Waals surface area contributed by atoms with Crippen molar-refractivity contribution in [2.45, 2.75) is 19.9 Å². The number of hydrogen-bond donors (Lipinski definition) is 0. The maximum Gasteiger partial charge on any atom is 0.305 e. The van der Waals surface area contributed by atoms with Crippen molar-refractivity contribution < 1.29 is 9.53 Å². The largest absolute Gasteiger partial charge is 0.469 e. The van der Waals surface area contributed by atoms with Crippen LogP contribution in [0.2, 0.25) is 0 Å². The van der Waals surface area contributed by atoms with Gasteiger partial charge in [0.2, 0.25) is 0 Å². The first-order valence-electron chi connectivity index (χ1n) is 6.96. The van der Waals surface area contributed by atoms with Gasteiger partial charge < -0.3 is 4.74 Å². The van der Waals surface area contributed by atoms with Crippen molar-refractivity contribution in [3.05, 3.63) is 35.9 Å². The molecule has 3 atom stereocenters. The molecule has 0 bridgehead atoms. The number of hydrogen-bond acceptors (Lipinski definition) is 3. The minimum atomic E-state index is -0.0600. The van der Waals surface area contributed by atoms with Crippen LogP contribution in [0.4, 0.5) is 0 Å². The number of carbonyl (C=O) groups is 1. The van der Waals surface area contributed by atoms with Gasteiger partial charge in [-0.3, -0.25) is 9.69 Å². The summed E-state index contributed by atoms with van der Waals surface area (Å²) in [4.78, 5) is 13.9. The number of ether oxygens (including phenoxy) is 1. The number of methoxy groups -OCH3 is 1. The van der Waals surface area contributed by atoms with Crippen molar-refractivity contribution >= 4 is 5.97 Å². The summed E-state index contributed by atoms with van der Waals surface area (Å²) >= 11 is 0. The normalized spacial score (nSPS) is 32.9. The standard InChI is InChI=1S/C16H21NO2/c1-16-11-17(9-12-6-4-3-5-7-12)10-14(16)13(16)8-15(18)19-2/h3-7,13-14H,8-11H2,1-2H3. The second-order valence-electron chi connectivity index (χ2n) is 6.15. The van der Waals surface area contributed by atoms with E-state index in [1.807, 2.05) is 0 Å². The second-order valence-corrected chi connectivity index (χ2v) is 6.15. The zero-order valence-electron chi connectivity index (χ0n) is 11.6. The second kappa shape index (κ2) is 4.64. The maximum absolute atomic E-state index is 11.4. The van der Waals surface area contributed by atoms with Crippen LogP contribution < -0.4 is 0 Å². The molecule has 3 heteroatoms. The third kappa shape index (κ3) is 2.27. The quantitative estimate of drug-likeness (QED) is 0.777. The summed E-state index contributed by atoms with van der Waals surface area (Å²) in [7, 11) is 1.48. The van der Waals surface area contributed by atoms with Crippen LogP contribution in [0, 0.1) is 17.3 Å². The molecule has 19 heavy (non-hydrogen) atoms. The molecule has 1 heterocycles. The van der Waals surface area contributed by atoms with Crippen molar-refractivity contribution in [1.82, 2.24) is 4.90 Å². The summed E-state index contributed by atoms with van der Waals surface area (Å²) in [5.41, 5.74) is 1.71. The van der Waals surface area contributed by atoms with Crippen LogP contribution in [0.25, 0.3) is 0 Å². The van der Waals surface area contributed by atoms with Crippen molar-refractivity contribution in [3.8, 4) is 0 Å². The van der Waals surface area contributed by atoms with Crippen LogP contribution in [0.15, 0.2) is 30.3 Å². The molecule has 0 N–H and O–H groups in total. The average Bonchev–Trinajstić information content (AvgIpc) is 2.78. The lowest BCUT2D eigenvalue weighted by atomic mass is 10.0. The minimum Gasteiger partial charge on any atom is -0.469 e. The number of nitrogens with zero attached hydrogens (tertiary/aromatic N) is 1. The zero-order chi connectivity index (χ0) is 13.5. The van der Waals surface area contributed by atoms with E-state index in [1.54, 1.807) is 0 Å². The van der Waals surface area contributed by atoms with Crippen LogP contribution in [0.3, 0.4) is 0 Å². The SMILES string of the molecule is COC(=O)CC1C2CN(Cc3ccccc3)CC12C. The first-order chi connectivity index (χ1) is 9.13. The van der Waals surface area contributed by atoms with Gasteiger partial charge in [0.05, 0.1) is 7.11 Å². The van der Waals surface area contributed by atoms with E-state index in [2.05, 4.69) is 42.2 Å². The number of benzene rings is 1. The van der Waals surface area contributed by atoms with Gasteiger partial charge in [0, 0.05) is 26.1 Å². The molecule has 0 aromatic heterocycles. The smallest absolute Gasteiger partial charge is 0.305 e. The Hall–Kier alpha value is -1.35. The molecule has 1 aromatic carbocycles. The van der Waals surface area contributed by atoms with Crippen LogP contribution >= 0.6 is 0 Å². The van der Waals surface area contributed by atoms with Crippen LogP contribution in [0.1, 0.15) is 18.9 Å². The molecule has 1 aliphatic carbocycles. The van der Waals surface area contributed by atoms with Gasteiger partial charge >= 0.3 is 5.97 Å². The van der Waals surface area contributed by atoms with E-state index < -0.39 is 0 Å². The molecule has 0 spiro atoms. The topological polar surface area (TPSA) is 29.5 Å². The third-order valence-electron chi connectivity index (χ3n) is 4.95. The lowest BCUT2D eigenvalue weighted by molar-refractivity contribution is -0.141. The van der Waals surface area contributed by atoms with Crippen LogP contribution in [0.5, 0.6) is 0 Å². The summed E-state index contributed by atoms with van der Waals surface area (Å²) in [6, 6.07) is 10.6. The van der Waals surface area contributed by atoms with Crippen molar-refractivity contribution in [3.63, 3.8) is 0 Å². The number of rotatable bonds is 4. The molecule has 3 nitrogen and oxygen atoms in total. The molecule has 0 amide bonds. The van der Waals surface area contributed by atoms with E-state index >= 15 is 0 Å². The van der Waals surface area contributed by atoms with E-state index in [4.69, 9.17) is 4.74 Å². The molecule has 1 saturated heterocycles. The Kier molecular flexibility index (Phi) is 3.09. The Balaban J connectivity index is 1.55. The van der Waals surface area contributed by atoms with Crippen LogP contribution in [-0.4, -0.2) is 31.1 Å². The predicted octanol–water partition coefficient (Wildman–Crippen LogP) is 2.32. The summed E-state index contributed by atoms with van der Waals surface area (Å²) in [5, 5.41) is 0. The molecule has 102 valence electrons. The van der Waals surface area contributed by atoms with Gasteiger partial charge in [-0.2, -0.15) is 0 Å². The number of likely N-dealkylation sites (tertiary alicyclic amines) is 1. The first-order valence-corrected chi connectivity index (χ1v) is 6.96. The number of piperidine rings is 1. The average molecular weight is 259 g/mol. The van der Waals surface area contributed by atoms with Gasteiger partial charge in [-0.25, -0.2) is 0 Å². The Labute approximate surface area is 114 Å². The molecular weight excluding hydrogens is 238 g/mol. The fourth-order valence-electron chi connectivity index (χ4n) is 3.76. The number of fused-ring (bicyclic) bond motifs is 1. The Bertz CT molecular complexity index is 473. The van der Waals surface area contributed by atoms with E-state index in [-0.39, 0.29) is 5.97 Å². The highest BCUT2D eigenvalue weighted by Gasteiger charge is 2.65. The molecular formula is C16H21NO2. The Morgan fingerprint density at radius 1 is 1.42 bits per heavy atom. The molecule has 2 aliphatic rings. The molecule has 2 fully saturated rings. The molecule has 3 unspecified atom stereocenters. The molecule has 3 rings (SSSR count). The summed E-state index contributed by atoms with van der Waals surface area (Å²) in [5.74, 6) is 1.15. The summed E-state index contributed by atoms with van der Waals surface area (Å²) in [6.45, 7) is 5.56. The van der Waals surface area contributed by atoms with E-state index in [1.165, 1.54) is 12.7 Å². The number of carbonyl (C=O) groups excluding carboxylic acids is 1. The van der Waals surface area contributed by atoms with Gasteiger partial charge in [0.15, 0.2) is 0 Å². The van der Waals surface area contributed by atoms with Gasteiger partial charge in [-0.1, -0.05) is 37.3 Å². The highest BCUT2D eigenvalue weighted by molar-refractivity contribution is 5.70. The van der Waals surface area contributed by atoms with Crippen molar-refractivity contribution in [2.24, 2.45) is 17.3 Å². The first kappa shape index (κ1) is 12.7. The predicted molar refractivity (Wildman–Crippen MR) is 73.4 cm³/mol. The lowest BCUT2D eigenvalue weighted by Gasteiger charge is -2.21. The monoisotopic (exact) mass is 259 g/mol. The summed E-state index contributed by atoms with van der Waals surface area (Å²) in [6.07, 6.45) is 0.594. The maximum atomic E-state index is 11.4. The van der Waals surface area contributed by atoms with Gasteiger partial charge in [0.1, 0.15) is 0 Å². The minimum absolute atomic E-state index is 0.0600. The lowest BCUT2D eigenvalue weighted by Crippen LogP contribution is -2.27. The van der Waals surface area contributed by atoms with E-state index in [0.29, 0.717) is 23.7 Å². The molecule has 1 aromatic rings. The van der Waals surface area contributed by atoms with Crippen LogP contribution in [-0.2, 0) is 16.1 Å². The summed E-state index contributed by atoms with van der Waals surface area (Å²) < 4.78 is 4.78. The Morgan fingerprint density at radius 3 is 2.74 bits per heavy atom. The van der Waals surface area contributed by atoms with Gasteiger partial charge in [-0.15, -0.1) is 0 Å². The fraction of sp³-hybridized carbons (Fsp3) is 0.562. The van der Waals surface area contributed by atoms with E-state index in [9.17, 15) is 4.79 Å². The van der Waals surface area contributed by atoms with Gasteiger partial charge in [0.25, 0.3) is 0 Å². The molecule has 1 saturated carbocycles. The van der Waals surface area contributed by atoms with E-state index in [0.717, 1.165) is 19.6 Å². The number of esters is 1. The highest BCUT2D eigenvalue weighted by Crippen LogP contribution is 2.64. The van der Waals surface area contributed by atoms with Crippen molar-refractivity contribution in [2.75, 3.05) is 20.2 Å². The third-order valence-corrected chi connectivity index (χ3v) is 4.95. The Morgan fingerprint density at radius 2 is 2.16 bits per heavy atom. The highest BCUT2D eigenvalue weighted by atomic mass is 16.5. The fourth-order valence-corrected chi connectivity index (χ4v) is 3.76. The zero-order valence-corrected chi connectivity index (χ0v) is 11.6. The molecule has 1 aliphatic heterocycles. The van der Waals surface area contributed by atoms with Gasteiger partial charge in [-0.05, 0) is 22.8 Å². The van der Waals surface area contributed by atoms with Crippen molar-refractivity contribution in [1.29, 1.82) is 0 Å². The molecule has 0 radical (unpaired) electrons.